The van der Waals surface area contributed by atoms with Crippen LogP contribution in [-0.2, 0) is 11.3 Å². The van der Waals surface area contributed by atoms with E-state index in [1.54, 1.807) is 41.5 Å². The first-order chi connectivity index (χ1) is 10.1. The van der Waals surface area contributed by atoms with Crippen molar-refractivity contribution in [2.24, 2.45) is 0 Å². The van der Waals surface area contributed by atoms with E-state index in [9.17, 15) is 4.79 Å². The van der Waals surface area contributed by atoms with E-state index in [-0.39, 0.29) is 5.91 Å². The van der Waals surface area contributed by atoms with Gasteiger partial charge in [0.2, 0.25) is 0 Å². The molecule has 4 N–H and O–H groups in total. The average molecular weight is 305 g/mol. The molecule has 1 heterocycles. The van der Waals surface area contributed by atoms with Crippen LogP contribution in [0.25, 0.3) is 0 Å². The first-order valence-electron chi connectivity index (χ1n) is 6.57. The summed E-state index contributed by atoms with van der Waals surface area (Å²) in [5, 5.41) is 1.99. The molecule has 0 unspecified atom stereocenters. The zero-order valence-electron chi connectivity index (χ0n) is 11.9. The molecule has 21 heavy (non-hydrogen) atoms. The number of benzene rings is 1. The Morgan fingerprint density at radius 1 is 1.29 bits per heavy atom. The molecule has 0 fully saturated rings. The minimum Gasteiger partial charge on any atom is -0.399 e. The Balaban J connectivity index is 2.20. The molecule has 6 heteroatoms. The third kappa shape index (κ3) is 4.21. The maximum Gasteiger partial charge on any atom is 0.254 e. The van der Waals surface area contributed by atoms with Crippen molar-refractivity contribution in [1.82, 2.24) is 4.90 Å². The highest BCUT2D eigenvalue weighted by molar-refractivity contribution is 7.09. The summed E-state index contributed by atoms with van der Waals surface area (Å²) in [5.74, 6) is -0.0977. The van der Waals surface area contributed by atoms with Crippen molar-refractivity contribution in [3.8, 4) is 0 Å². The van der Waals surface area contributed by atoms with E-state index in [0.717, 1.165) is 4.88 Å². The van der Waals surface area contributed by atoms with E-state index in [4.69, 9.17) is 16.2 Å². The van der Waals surface area contributed by atoms with Crippen LogP contribution >= 0.6 is 11.3 Å². The molecule has 2 rings (SSSR count). The Hall–Kier alpha value is -2.05. The van der Waals surface area contributed by atoms with Crippen LogP contribution in [-0.4, -0.2) is 31.1 Å². The summed E-state index contributed by atoms with van der Waals surface area (Å²) in [6.07, 6.45) is 0. The molecule has 0 bridgehead atoms. The number of carbonyl (C=O) groups is 1. The predicted molar refractivity (Wildman–Crippen MR) is 86.2 cm³/mol. The third-order valence-electron chi connectivity index (χ3n) is 3.00. The number of thiophene rings is 1. The molecule has 0 aliphatic heterocycles. The average Bonchev–Trinajstić information content (AvgIpc) is 2.94. The summed E-state index contributed by atoms with van der Waals surface area (Å²) in [6, 6.07) is 8.90. The first kappa shape index (κ1) is 15.3. The van der Waals surface area contributed by atoms with Gasteiger partial charge in [-0.2, -0.15) is 0 Å². The van der Waals surface area contributed by atoms with Gasteiger partial charge in [-0.25, -0.2) is 0 Å². The van der Waals surface area contributed by atoms with Crippen molar-refractivity contribution in [2.45, 2.75) is 6.54 Å². The Morgan fingerprint density at radius 3 is 2.57 bits per heavy atom. The van der Waals surface area contributed by atoms with Gasteiger partial charge in [0.15, 0.2) is 0 Å². The zero-order valence-corrected chi connectivity index (χ0v) is 12.7. The smallest absolute Gasteiger partial charge is 0.254 e. The normalized spacial score (nSPS) is 10.5. The van der Waals surface area contributed by atoms with Crippen LogP contribution in [0.2, 0.25) is 0 Å². The highest BCUT2D eigenvalue weighted by Gasteiger charge is 2.17. The molecule has 0 radical (unpaired) electrons. The highest BCUT2D eigenvalue weighted by atomic mass is 32.1. The van der Waals surface area contributed by atoms with Crippen molar-refractivity contribution >= 4 is 28.6 Å². The fourth-order valence-electron chi connectivity index (χ4n) is 2.03. The first-order valence-corrected chi connectivity index (χ1v) is 7.44. The van der Waals surface area contributed by atoms with Crippen LogP contribution in [0.4, 0.5) is 11.4 Å². The molecule has 0 spiro atoms. The van der Waals surface area contributed by atoms with Gasteiger partial charge >= 0.3 is 0 Å². The second-order valence-electron chi connectivity index (χ2n) is 4.69. The van der Waals surface area contributed by atoms with E-state index in [0.29, 0.717) is 36.6 Å². The van der Waals surface area contributed by atoms with Crippen molar-refractivity contribution in [1.29, 1.82) is 0 Å². The molecule has 0 saturated heterocycles. The number of methoxy groups -OCH3 is 1. The molecule has 0 aliphatic rings. The summed E-state index contributed by atoms with van der Waals surface area (Å²) in [5.41, 5.74) is 13.0. The van der Waals surface area contributed by atoms with Gasteiger partial charge in [0.25, 0.3) is 5.91 Å². The molecular formula is C15H19N3O2S. The second kappa shape index (κ2) is 7.10. The van der Waals surface area contributed by atoms with Crippen molar-refractivity contribution in [2.75, 3.05) is 31.7 Å². The molecule has 1 aromatic heterocycles. The molecule has 0 saturated carbocycles. The molecule has 0 aliphatic carbocycles. The van der Waals surface area contributed by atoms with Crippen LogP contribution in [0.3, 0.4) is 0 Å². The summed E-state index contributed by atoms with van der Waals surface area (Å²) in [6.45, 7) is 1.55. The standard InChI is InChI=1S/C15H19N3O2S/c1-20-5-4-18(10-14-3-2-6-21-14)15(19)11-7-12(16)9-13(17)8-11/h2-3,6-9H,4-5,10,16-17H2,1H3. The molecule has 5 nitrogen and oxygen atoms in total. The van der Waals surface area contributed by atoms with E-state index in [1.807, 2.05) is 17.5 Å². The lowest BCUT2D eigenvalue weighted by Crippen LogP contribution is -2.33. The number of nitrogen functional groups attached to an aromatic ring is 2. The van der Waals surface area contributed by atoms with Gasteiger partial charge < -0.3 is 21.1 Å². The lowest BCUT2D eigenvalue weighted by molar-refractivity contribution is 0.0682. The Kier molecular flexibility index (Phi) is 5.19. The lowest BCUT2D eigenvalue weighted by Gasteiger charge is -2.22. The largest absolute Gasteiger partial charge is 0.399 e. The fraction of sp³-hybridized carbons (Fsp3) is 0.267. The van der Waals surface area contributed by atoms with Gasteiger partial charge in [-0.1, -0.05) is 6.07 Å². The molecule has 112 valence electrons. The van der Waals surface area contributed by atoms with Crippen LogP contribution < -0.4 is 11.5 Å². The number of rotatable bonds is 6. The van der Waals surface area contributed by atoms with Crippen molar-refractivity contribution in [3.63, 3.8) is 0 Å². The monoisotopic (exact) mass is 305 g/mol. The van der Waals surface area contributed by atoms with E-state index in [2.05, 4.69) is 0 Å². The van der Waals surface area contributed by atoms with E-state index in [1.165, 1.54) is 0 Å². The van der Waals surface area contributed by atoms with Gasteiger partial charge in [0, 0.05) is 35.5 Å². The Bertz CT molecular complexity index is 579. The molecular weight excluding hydrogens is 286 g/mol. The topological polar surface area (TPSA) is 81.6 Å². The maximum atomic E-state index is 12.6. The van der Waals surface area contributed by atoms with Crippen LogP contribution in [0.5, 0.6) is 0 Å². The molecule has 0 atom stereocenters. The van der Waals surface area contributed by atoms with Crippen LogP contribution in [0.15, 0.2) is 35.7 Å². The van der Waals surface area contributed by atoms with Crippen LogP contribution in [0.1, 0.15) is 15.2 Å². The van der Waals surface area contributed by atoms with Gasteiger partial charge in [0.05, 0.1) is 13.2 Å². The predicted octanol–water partition coefficient (Wildman–Crippen LogP) is 2.20. The fourth-order valence-corrected chi connectivity index (χ4v) is 2.75. The SMILES string of the molecule is COCCN(Cc1cccs1)C(=O)c1cc(N)cc(N)c1. The quantitative estimate of drug-likeness (QED) is 0.802. The van der Waals surface area contributed by atoms with Gasteiger partial charge in [-0.15, -0.1) is 11.3 Å². The number of ether oxygens (including phenoxy) is 1. The second-order valence-corrected chi connectivity index (χ2v) is 5.72. The summed E-state index contributed by atoms with van der Waals surface area (Å²) < 4.78 is 5.09. The number of carbonyl (C=O) groups excluding carboxylic acids is 1. The number of nitrogens with two attached hydrogens (primary N) is 2. The maximum absolute atomic E-state index is 12.6. The number of amides is 1. The summed E-state index contributed by atoms with van der Waals surface area (Å²) in [4.78, 5) is 15.5. The Morgan fingerprint density at radius 2 is 2.00 bits per heavy atom. The number of nitrogens with zero attached hydrogens (tertiary/aromatic N) is 1. The van der Waals surface area contributed by atoms with Gasteiger partial charge in [0.1, 0.15) is 0 Å². The Labute approximate surface area is 128 Å². The van der Waals surface area contributed by atoms with E-state index < -0.39 is 0 Å². The third-order valence-corrected chi connectivity index (χ3v) is 3.87. The lowest BCUT2D eigenvalue weighted by atomic mass is 10.1. The minimum atomic E-state index is -0.0977. The van der Waals surface area contributed by atoms with Crippen molar-refractivity contribution < 1.29 is 9.53 Å². The van der Waals surface area contributed by atoms with Gasteiger partial charge in [-0.05, 0) is 29.6 Å². The number of anilines is 2. The summed E-state index contributed by atoms with van der Waals surface area (Å²) >= 11 is 1.62. The van der Waals surface area contributed by atoms with E-state index >= 15 is 0 Å². The molecule has 1 amide bonds. The van der Waals surface area contributed by atoms with Crippen molar-refractivity contribution in [3.05, 3.63) is 46.2 Å². The minimum absolute atomic E-state index is 0.0977. The highest BCUT2D eigenvalue weighted by Crippen LogP contribution is 2.18. The molecule has 2 aromatic rings. The van der Waals surface area contributed by atoms with Gasteiger partial charge in [-0.3, -0.25) is 4.79 Å². The number of hydrogen-bond acceptors (Lipinski definition) is 5. The van der Waals surface area contributed by atoms with Crippen LogP contribution in [0, 0.1) is 0 Å². The zero-order chi connectivity index (χ0) is 15.2. The summed E-state index contributed by atoms with van der Waals surface area (Å²) in [7, 11) is 1.62. The molecule has 1 aromatic carbocycles. The number of hydrogen-bond donors (Lipinski definition) is 2.